The minimum Gasteiger partial charge on any atom is -0.508 e. The maximum atomic E-state index is 10.7. The van der Waals surface area contributed by atoms with Gasteiger partial charge in [-0.25, -0.2) is 4.79 Å². The molecule has 5 nitrogen and oxygen atoms in total. The molecule has 0 aliphatic carbocycles. The Morgan fingerprint density at radius 2 is 2.04 bits per heavy atom. The van der Waals surface area contributed by atoms with E-state index in [4.69, 9.17) is 9.84 Å². The van der Waals surface area contributed by atoms with Crippen LogP contribution in [0.4, 0.5) is 0 Å². The van der Waals surface area contributed by atoms with Crippen LogP contribution in [0.25, 0.3) is 21.8 Å². The van der Waals surface area contributed by atoms with Crippen molar-refractivity contribution < 1.29 is 19.7 Å². The van der Waals surface area contributed by atoms with Gasteiger partial charge in [-0.1, -0.05) is 13.8 Å². The van der Waals surface area contributed by atoms with E-state index in [1.807, 2.05) is 32.9 Å². The first-order valence-corrected chi connectivity index (χ1v) is 7.51. The van der Waals surface area contributed by atoms with Crippen LogP contribution in [0.2, 0.25) is 0 Å². The molecule has 3 rings (SSSR count). The van der Waals surface area contributed by atoms with E-state index in [9.17, 15) is 9.90 Å². The summed E-state index contributed by atoms with van der Waals surface area (Å²) in [6, 6.07) is 7.26. The van der Waals surface area contributed by atoms with Gasteiger partial charge in [0, 0.05) is 22.4 Å². The minimum atomic E-state index is -1.01. The van der Waals surface area contributed by atoms with Crippen LogP contribution in [0.3, 0.4) is 0 Å². The number of nitrogens with one attached hydrogen (secondary N) is 1. The smallest absolute Gasteiger partial charge is 0.341 e. The van der Waals surface area contributed by atoms with Gasteiger partial charge < -0.3 is 19.9 Å². The molecule has 0 unspecified atom stereocenters. The van der Waals surface area contributed by atoms with Gasteiger partial charge in [0.05, 0.1) is 11.0 Å². The number of carboxylic acids is 1. The predicted octanol–water partition coefficient (Wildman–Crippen LogP) is 3.92. The average molecular weight is 313 g/mol. The Balaban J connectivity index is 2.24. The van der Waals surface area contributed by atoms with Crippen molar-refractivity contribution in [1.29, 1.82) is 0 Å². The van der Waals surface area contributed by atoms with Crippen LogP contribution < -0.4 is 4.74 Å². The molecule has 5 heteroatoms. The first-order chi connectivity index (χ1) is 10.9. The normalized spacial score (nSPS) is 11.5. The molecule has 0 aliphatic heterocycles. The SMILES string of the molecule is Cc1cc(OCC(=O)O)cc2[nH]c3c(C(C)C)c(O)ccc3c12. The van der Waals surface area contributed by atoms with E-state index in [0.29, 0.717) is 5.75 Å². The number of phenolic OH excluding ortho intramolecular Hbond substituents is 1. The zero-order valence-electron chi connectivity index (χ0n) is 13.3. The number of rotatable bonds is 4. The molecule has 23 heavy (non-hydrogen) atoms. The molecule has 1 heterocycles. The summed E-state index contributed by atoms with van der Waals surface area (Å²) in [4.78, 5) is 14.0. The maximum Gasteiger partial charge on any atom is 0.341 e. The van der Waals surface area contributed by atoms with Gasteiger partial charge in [0.15, 0.2) is 6.61 Å². The second-order valence-corrected chi connectivity index (χ2v) is 6.05. The van der Waals surface area contributed by atoms with Crippen molar-refractivity contribution in [3.63, 3.8) is 0 Å². The standard InChI is InChI=1S/C18H19NO4/c1-9(2)16-14(20)5-4-12-17-10(3)6-11(23-8-15(21)22)7-13(17)19-18(12)16/h4-7,9,19-20H,8H2,1-3H3,(H,21,22). The average Bonchev–Trinajstić information content (AvgIpc) is 2.82. The second-order valence-electron chi connectivity index (χ2n) is 6.05. The van der Waals surface area contributed by atoms with E-state index in [0.717, 1.165) is 32.9 Å². The molecule has 3 N–H and O–H groups in total. The summed E-state index contributed by atoms with van der Waals surface area (Å²) in [7, 11) is 0. The molecular formula is C18H19NO4. The third-order valence-electron chi connectivity index (χ3n) is 4.00. The Morgan fingerprint density at radius 1 is 1.30 bits per heavy atom. The number of hydrogen-bond acceptors (Lipinski definition) is 3. The first-order valence-electron chi connectivity index (χ1n) is 7.51. The highest BCUT2D eigenvalue weighted by atomic mass is 16.5. The van der Waals surface area contributed by atoms with Crippen LogP contribution in [-0.4, -0.2) is 27.8 Å². The molecule has 0 radical (unpaired) electrons. The van der Waals surface area contributed by atoms with Crippen LogP contribution >= 0.6 is 0 Å². The predicted molar refractivity (Wildman–Crippen MR) is 89.4 cm³/mol. The van der Waals surface area contributed by atoms with Crippen molar-refractivity contribution >= 4 is 27.8 Å². The number of fused-ring (bicyclic) bond motifs is 3. The molecule has 0 spiro atoms. The summed E-state index contributed by atoms with van der Waals surface area (Å²) in [5, 5.41) is 21.0. The molecule has 0 saturated heterocycles. The number of aryl methyl sites for hydroxylation is 1. The highest BCUT2D eigenvalue weighted by molar-refractivity contribution is 6.10. The molecule has 0 saturated carbocycles. The van der Waals surface area contributed by atoms with Crippen molar-refractivity contribution in [3.05, 3.63) is 35.4 Å². The van der Waals surface area contributed by atoms with E-state index >= 15 is 0 Å². The number of aromatic hydroxyl groups is 1. The number of benzene rings is 2. The van der Waals surface area contributed by atoms with Crippen LogP contribution in [0.15, 0.2) is 24.3 Å². The highest BCUT2D eigenvalue weighted by Gasteiger charge is 2.16. The van der Waals surface area contributed by atoms with Crippen molar-refractivity contribution in [3.8, 4) is 11.5 Å². The van der Waals surface area contributed by atoms with Gasteiger partial charge >= 0.3 is 5.97 Å². The number of ether oxygens (including phenoxy) is 1. The summed E-state index contributed by atoms with van der Waals surface area (Å²) in [6.07, 6.45) is 0. The zero-order valence-corrected chi connectivity index (χ0v) is 13.3. The fourth-order valence-corrected chi connectivity index (χ4v) is 3.11. The molecular weight excluding hydrogens is 294 g/mol. The van der Waals surface area contributed by atoms with E-state index in [1.54, 1.807) is 12.1 Å². The molecule has 0 amide bonds. The van der Waals surface area contributed by atoms with Crippen LogP contribution in [-0.2, 0) is 4.79 Å². The maximum absolute atomic E-state index is 10.7. The fraction of sp³-hybridized carbons (Fsp3) is 0.278. The third kappa shape index (κ3) is 2.59. The Kier molecular flexibility index (Phi) is 3.64. The number of hydrogen-bond donors (Lipinski definition) is 3. The quantitative estimate of drug-likeness (QED) is 0.681. The van der Waals surface area contributed by atoms with Crippen molar-refractivity contribution in [2.75, 3.05) is 6.61 Å². The highest BCUT2D eigenvalue weighted by Crippen LogP contribution is 2.38. The number of carboxylic acid groups (broad SMARTS) is 1. The number of aromatic amines is 1. The third-order valence-corrected chi connectivity index (χ3v) is 4.00. The van der Waals surface area contributed by atoms with Crippen molar-refractivity contribution in [2.45, 2.75) is 26.7 Å². The molecule has 2 aromatic carbocycles. The van der Waals surface area contributed by atoms with Gasteiger partial charge in [-0.15, -0.1) is 0 Å². The summed E-state index contributed by atoms with van der Waals surface area (Å²) >= 11 is 0. The van der Waals surface area contributed by atoms with Gasteiger partial charge in [0.2, 0.25) is 0 Å². The Morgan fingerprint density at radius 3 is 2.70 bits per heavy atom. The number of aromatic nitrogens is 1. The van der Waals surface area contributed by atoms with Gasteiger partial charge in [-0.2, -0.15) is 0 Å². The Labute approximate surface area is 133 Å². The lowest BCUT2D eigenvalue weighted by Crippen LogP contribution is -2.09. The summed E-state index contributed by atoms with van der Waals surface area (Å²) in [5.41, 5.74) is 3.65. The topological polar surface area (TPSA) is 82.5 Å². The van der Waals surface area contributed by atoms with Crippen LogP contribution in [0.1, 0.15) is 30.9 Å². The second kappa shape index (κ2) is 5.50. The molecule has 3 aromatic rings. The summed E-state index contributed by atoms with van der Waals surface area (Å²) in [5.74, 6) is -0.0421. The van der Waals surface area contributed by atoms with Crippen molar-refractivity contribution in [1.82, 2.24) is 4.98 Å². The van der Waals surface area contributed by atoms with Gasteiger partial charge in [0.25, 0.3) is 0 Å². The van der Waals surface area contributed by atoms with Gasteiger partial charge in [-0.05, 0) is 36.6 Å². The van der Waals surface area contributed by atoms with Gasteiger partial charge in [0.1, 0.15) is 11.5 Å². The lowest BCUT2D eigenvalue weighted by atomic mass is 9.98. The zero-order chi connectivity index (χ0) is 16.7. The summed E-state index contributed by atoms with van der Waals surface area (Å²) < 4.78 is 5.28. The molecule has 0 aliphatic rings. The summed E-state index contributed by atoms with van der Waals surface area (Å²) in [6.45, 7) is 5.66. The number of H-pyrrole nitrogens is 1. The molecule has 120 valence electrons. The lowest BCUT2D eigenvalue weighted by Gasteiger charge is -2.09. The van der Waals surface area contributed by atoms with E-state index in [-0.39, 0.29) is 18.3 Å². The van der Waals surface area contributed by atoms with Gasteiger partial charge in [-0.3, -0.25) is 0 Å². The molecule has 0 atom stereocenters. The molecule has 1 aromatic heterocycles. The molecule has 0 fully saturated rings. The Hall–Kier alpha value is -2.69. The van der Waals surface area contributed by atoms with E-state index in [1.165, 1.54) is 0 Å². The van der Waals surface area contributed by atoms with Crippen LogP contribution in [0, 0.1) is 6.92 Å². The molecule has 0 bridgehead atoms. The Bertz CT molecular complexity index is 908. The largest absolute Gasteiger partial charge is 0.508 e. The first kappa shape index (κ1) is 15.2. The minimum absolute atomic E-state index is 0.176. The lowest BCUT2D eigenvalue weighted by molar-refractivity contribution is -0.139. The van der Waals surface area contributed by atoms with E-state index in [2.05, 4.69) is 4.98 Å². The van der Waals surface area contributed by atoms with Crippen molar-refractivity contribution in [2.24, 2.45) is 0 Å². The number of carbonyl (C=O) groups is 1. The monoisotopic (exact) mass is 313 g/mol. The number of aliphatic carboxylic acids is 1. The fourth-order valence-electron chi connectivity index (χ4n) is 3.11. The number of phenols is 1. The van der Waals surface area contributed by atoms with E-state index < -0.39 is 5.97 Å². The van der Waals surface area contributed by atoms with Crippen LogP contribution in [0.5, 0.6) is 11.5 Å².